The van der Waals surface area contributed by atoms with Crippen molar-refractivity contribution in [2.75, 3.05) is 0 Å². The van der Waals surface area contributed by atoms with E-state index in [-0.39, 0.29) is 29.4 Å². The topological polar surface area (TPSA) is 0 Å². The van der Waals surface area contributed by atoms with E-state index in [2.05, 4.69) is 126 Å². The monoisotopic (exact) mass is 528 g/mol. The van der Waals surface area contributed by atoms with Crippen molar-refractivity contribution >= 4 is 24.0 Å². The van der Waals surface area contributed by atoms with Gasteiger partial charge in [0.25, 0.3) is 0 Å². The van der Waals surface area contributed by atoms with Crippen LogP contribution >= 0.6 is 24.0 Å². The van der Waals surface area contributed by atoms with E-state index in [1.165, 1.54) is 36.0 Å². The van der Waals surface area contributed by atoms with E-state index >= 15 is 0 Å². The maximum absolute atomic E-state index is 2.43. The van der Waals surface area contributed by atoms with E-state index in [1.54, 1.807) is 0 Å². The molecule has 0 heterocycles. The maximum Gasteiger partial charge on any atom is -0.0139 e. The second-order valence-electron chi connectivity index (χ2n) is 9.16. The Morgan fingerprint density at radius 3 is 1.58 bits per heavy atom. The summed E-state index contributed by atoms with van der Waals surface area (Å²) in [4.78, 5) is 0. The molecular weight excluding hydrogens is 487 g/mol. The number of hydrogen-bond acceptors (Lipinski definition) is 0. The van der Waals surface area contributed by atoms with Crippen LogP contribution in [-0.4, -0.2) is 0 Å². The third kappa shape index (κ3) is 9.19. The van der Waals surface area contributed by atoms with Gasteiger partial charge in [0.15, 0.2) is 0 Å². The molecule has 0 spiro atoms. The lowest BCUT2D eigenvalue weighted by molar-refractivity contribution is 0.248. The smallest absolute Gasteiger partial charge is 0.0139 e. The van der Waals surface area contributed by atoms with Crippen molar-refractivity contribution < 1.29 is 0 Å². The molecule has 0 saturated heterocycles. The molecule has 1 heteroatoms. The van der Waals surface area contributed by atoms with Crippen LogP contribution in [0, 0.1) is 5.41 Å². The Kier molecular flexibility index (Phi) is 12.8. The highest BCUT2D eigenvalue weighted by molar-refractivity contribution is 14.0. The van der Waals surface area contributed by atoms with Crippen molar-refractivity contribution in [2.24, 2.45) is 5.41 Å². The van der Waals surface area contributed by atoms with Gasteiger partial charge < -0.3 is 0 Å². The van der Waals surface area contributed by atoms with Gasteiger partial charge in [0.05, 0.1) is 0 Å². The molecule has 0 fully saturated rings. The SMILES string of the molecule is CC(c1ccccc1)C(C)(C)CC(CCc1ccccc1)c1ccccc1.CCC.I. The van der Waals surface area contributed by atoms with Crippen molar-refractivity contribution in [3.63, 3.8) is 0 Å². The average molecular weight is 529 g/mol. The minimum absolute atomic E-state index is 0. The lowest BCUT2D eigenvalue weighted by Crippen LogP contribution is -2.23. The fraction of sp³-hybridized carbons (Fsp3) is 0.400. The van der Waals surface area contributed by atoms with Gasteiger partial charge in [-0.3, -0.25) is 0 Å². The number of halogens is 1. The third-order valence-corrected chi connectivity index (χ3v) is 6.14. The molecule has 0 N–H and O–H groups in total. The molecule has 0 nitrogen and oxygen atoms in total. The van der Waals surface area contributed by atoms with Crippen molar-refractivity contribution in [2.45, 2.75) is 72.1 Å². The molecule has 2 atom stereocenters. The zero-order valence-corrected chi connectivity index (χ0v) is 22.4. The largest absolute Gasteiger partial charge is 0.107 e. The Morgan fingerprint density at radius 2 is 1.10 bits per heavy atom. The van der Waals surface area contributed by atoms with Crippen molar-refractivity contribution in [3.05, 3.63) is 108 Å². The van der Waals surface area contributed by atoms with Crippen LogP contribution in [0.5, 0.6) is 0 Å². The Bertz CT molecular complexity index is 809. The third-order valence-electron chi connectivity index (χ3n) is 6.14. The Hall–Kier alpha value is -1.61. The highest BCUT2D eigenvalue weighted by atomic mass is 127. The van der Waals surface area contributed by atoms with Crippen molar-refractivity contribution in [1.82, 2.24) is 0 Å². The van der Waals surface area contributed by atoms with Gasteiger partial charge in [0.1, 0.15) is 0 Å². The zero-order chi connectivity index (χ0) is 21.8. The summed E-state index contributed by atoms with van der Waals surface area (Å²) in [6.45, 7) is 11.5. The van der Waals surface area contributed by atoms with Crippen molar-refractivity contribution in [3.8, 4) is 0 Å². The molecule has 0 amide bonds. The molecular formula is C30H41I. The molecule has 31 heavy (non-hydrogen) atoms. The number of aryl methyl sites for hydroxylation is 1. The summed E-state index contributed by atoms with van der Waals surface area (Å²) in [6.07, 6.45) is 4.77. The van der Waals surface area contributed by atoms with E-state index < -0.39 is 0 Å². The van der Waals surface area contributed by atoms with Gasteiger partial charge in [-0.1, -0.05) is 132 Å². The van der Waals surface area contributed by atoms with Crippen LogP contribution in [0.3, 0.4) is 0 Å². The lowest BCUT2D eigenvalue weighted by Gasteiger charge is -2.36. The summed E-state index contributed by atoms with van der Waals surface area (Å²) in [7, 11) is 0. The van der Waals surface area contributed by atoms with Gasteiger partial charge in [-0.05, 0) is 53.2 Å². The molecule has 0 aromatic heterocycles. The van der Waals surface area contributed by atoms with Gasteiger partial charge in [-0.25, -0.2) is 0 Å². The van der Waals surface area contributed by atoms with E-state index in [1.807, 2.05) is 0 Å². The molecule has 0 aliphatic rings. The minimum atomic E-state index is 0. The van der Waals surface area contributed by atoms with Gasteiger partial charge in [0, 0.05) is 0 Å². The molecule has 0 aliphatic heterocycles. The predicted octanol–water partition coefficient (Wildman–Crippen LogP) is 9.66. The highest BCUT2D eigenvalue weighted by Gasteiger charge is 2.30. The van der Waals surface area contributed by atoms with Crippen LogP contribution in [0.15, 0.2) is 91.0 Å². The number of benzene rings is 3. The highest BCUT2D eigenvalue weighted by Crippen LogP contribution is 2.44. The number of rotatable bonds is 8. The summed E-state index contributed by atoms with van der Waals surface area (Å²) >= 11 is 0. The van der Waals surface area contributed by atoms with E-state index in [4.69, 9.17) is 0 Å². The van der Waals surface area contributed by atoms with Crippen molar-refractivity contribution in [1.29, 1.82) is 0 Å². The number of hydrogen-bond donors (Lipinski definition) is 0. The molecule has 3 aromatic carbocycles. The van der Waals surface area contributed by atoms with E-state index in [9.17, 15) is 0 Å². The molecule has 3 rings (SSSR count). The van der Waals surface area contributed by atoms with Gasteiger partial charge in [0.2, 0.25) is 0 Å². The Balaban J connectivity index is 0.00000113. The Labute approximate surface area is 208 Å². The summed E-state index contributed by atoms with van der Waals surface area (Å²) in [6, 6.07) is 32.9. The quantitative estimate of drug-likeness (QED) is 0.255. The molecule has 0 radical (unpaired) electrons. The summed E-state index contributed by atoms with van der Waals surface area (Å²) in [5.41, 5.74) is 4.59. The van der Waals surface area contributed by atoms with Gasteiger partial charge in [-0.15, -0.1) is 24.0 Å². The van der Waals surface area contributed by atoms with E-state index in [0.717, 1.165) is 6.42 Å². The van der Waals surface area contributed by atoms with Crippen LogP contribution in [0.1, 0.15) is 82.4 Å². The first kappa shape index (κ1) is 27.4. The lowest BCUT2D eigenvalue weighted by atomic mass is 9.69. The molecule has 168 valence electrons. The molecule has 0 aliphatic carbocycles. The maximum atomic E-state index is 2.43. The average Bonchev–Trinajstić information content (AvgIpc) is 2.78. The first-order valence-corrected chi connectivity index (χ1v) is 11.6. The second kappa shape index (κ2) is 14.5. The molecule has 0 saturated carbocycles. The summed E-state index contributed by atoms with van der Waals surface area (Å²) in [5, 5.41) is 0. The fourth-order valence-corrected chi connectivity index (χ4v) is 4.10. The predicted molar refractivity (Wildman–Crippen MR) is 149 cm³/mol. The first-order chi connectivity index (χ1) is 14.5. The standard InChI is InChI=1S/C27H32.C3H8.HI/c1-22(24-15-9-5-10-16-24)27(2,3)21-26(25-17-11-6-12-18-25)20-19-23-13-7-4-8-14-23;1-3-2;/h4-18,22,26H,19-21H2,1-3H3;3H2,1-2H3;1H. The van der Waals surface area contributed by atoms with Crippen LogP contribution in [0.4, 0.5) is 0 Å². The minimum Gasteiger partial charge on any atom is -0.107 e. The molecule has 2 unspecified atom stereocenters. The van der Waals surface area contributed by atoms with Crippen LogP contribution < -0.4 is 0 Å². The van der Waals surface area contributed by atoms with Crippen LogP contribution in [0.2, 0.25) is 0 Å². The van der Waals surface area contributed by atoms with Crippen LogP contribution in [0.25, 0.3) is 0 Å². The normalized spacial score (nSPS) is 12.7. The first-order valence-electron chi connectivity index (χ1n) is 11.6. The van der Waals surface area contributed by atoms with E-state index in [0.29, 0.717) is 11.8 Å². The molecule has 0 bridgehead atoms. The fourth-order valence-electron chi connectivity index (χ4n) is 4.10. The van der Waals surface area contributed by atoms with Gasteiger partial charge in [-0.2, -0.15) is 0 Å². The van der Waals surface area contributed by atoms with Gasteiger partial charge >= 0.3 is 0 Å². The Morgan fingerprint density at radius 1 is 0.677 bits per heavy atom. The zero-order valence-electron chi connectivity index (χ0n) is 20.1. The summed E-state index contributed by atoms with van der Waals surface area (Å²) < 4.78 is 0. The molecule has 3 aromatic rings. The van der Waals surface area contributed by atoms with Crippen LogP contribution in [-0.2, 0) is 6.42 Å². The summed E-state index contributed by atoms with van der Waals surface area (Å²) in [5.74, 6) is 1.11. The second-order valence-corrected chi connectivity index (χ2v) is 9.16.